The van der Waals surface area contributed by atoms with Gasteiger partial charge < -0.3 is 0 Å². The van der Waals surface area contributed by atoms with E-state index in [-0.39, 0.29) is 11.4 Å². The van der Waals surface area contributed by atoms with Gasteiger partial charge >= 0.3 is 0 Å². The van der Waals surface area contributed by atoms with Crippen LogP contribution in [0.1, 0.15) is 5.56 Å². The van der Waals surface area contributed by atoms with Gasteiger partial charge in [0.25, 0.3) is 0 Å². The Morgan fingerprint density at radius 1 is 1.00 bits per heavy atom. The lowest BCUT2D eigenvalue weighted by atomic mass is 10.2. The molecule has 0 saturated carbocycles. The average Bonchev–Trinajstić information content (AvgIpc) is 3.08. The Hall–Kier alpha value is -2.02. The van der Waals surface area contributed by atoms with Crippen LogP contribution in [-0.2, 0) is 16.6 Å². The number of nitrogens with one attached hydrogen (secondary N) is 1. The zero-order chi connectivity index (χ0) is 15.4. The standard InChI is InChI=1S/C16H14N2O2S2/c19-22(20,14-7-2-1-3-8-14)18-12-13-6-4-10-17-16(13)15-9-5-11-21-15/h1-11,18H,12H2. The van der Waals surface area contributed by atoms with Gasteiger partial charge in [-0.05, 0) is 35.2 Å². The highest BCUT2D eigenvalue weighted by molar-refractivity contribution is 7.89. The van der Waals surface area contributed by atoms with Gasteiger partial charge in [0.1, 0.15) is 0 Å². The van der Waals surface area contributed by atoms with Gasteiger partial charge in [-0.1, -0.05) is 30.3 Å². The van der Waals surface area contributed by atoms with Gasteiger partial charge in [0.05, 0.1) is 15.5 Å². The van der Waals surface area contributed by atoms with Crippen LogP contribution in [-0.4, -0.2) is 13.4 Å². The molecule has 3 rings (SSSR count). The molecular weight excluding hydrogens is 316 g/mol. The van der Waals surface area contributed by atoms with E-state index in [0.717, 1.165) is 16.1 Å². The Bertz CT molecular complexity index is 845. The molecule has 0 amide bonds. The molecule has 4 nitrogen and oxygen atoms in total. The zero-order valence-corrected chi connectivity index (χ0v) is 13.3. The van der Waals surface area contributed by atoms with E-state index in [0.29, 0.717) is 0 Å². The molecule has 0 spiro atoms. The predicted molar refractivity (Wildman–Crippen MR) is 88.0 cm³/mol. The minimum absolute atomic E-state index is 0.207. The lowest BCUT2D eigenvalue weighted by Gasteiger charge is -2.09. The number of thiophene rings is 1. The molecule has 1 N–H and O–H groups in total. The van der Waals surface area contributed by atoms with Crippen molar-refractivity contribution in [2.24, 2.45) is 0 Å². The van der Waals surface area contributed by atoms with Crippen molar-refractivity contribution in [3.63, 3.8) is 0 Å². The summed E-state index contributed by atoms with van der Waals surface area (Å²) >= 11 is 1.58. The molecule has 2 aromatic heterocycles. The van der Waals surface area contributed by atoms with Crippen molar-refractivity contribution in [2.75, 3.05) is 0 Å². The number of benzene rings is 1. The van der Waals surface area contributed by atoms with E-state index in [9.17, 15) is 8.42 Å². The van der Waals surface area contributed by atoms with E-state index in [1.54, 1.807) is 47.9 Å². The highest BCUT2D eigenvalue weighted by Gasteiger charge is 2.15. The Morgan fingerprint density at radius 3 is 2.55 bits per heavy atom. The molecule has 0 aliphatic heterocycles. The smallest absolute Gasteiger partial charge is 0.240 e. The summed E-state index contributed by atoms with van der Waals surface area (Å²) in [5.74, 6) is 0. The highest BCUT2D eigenvalue weighted by atomic mass is 32.2. The number of hydrogen-bond donors (Lipinski definition) is 1. The Morgan fingerprint density at radius 2 is 1.82 bits per heavy atom. The van der Waals surface area contributed by atoms with Gasteiger partial charge in [-0.3, -0.25) is 4.98 Å². The summed E-state index contributed by atoms with van der Waals surface area (Å²) in [5, 5.41) is 1.97. The third kappa shape index (κ3) is 3.24. The van der Waals surface area contributed by atoms with Gasteiger partial charge in [-0.15, -0.1) is 11.3 Å². The molecule has 0 unspecified atom stereocenters. The first-order valence-electron chi connectivity index (χ1n) is 6.69. The third-order valence-corrected chi connectivity index (χ3v) is 5.45. The maximum atomic E-state index is 12.3. The van der Waals surface area contributed by atoms with Crippen LogP contribution >= 0.6 is 11.3 Å². The predicted octanol–water partition coefficient (Wildman–Crippen LogP) is 3.29. The minimum atomic E-state index is -3.52. The molecule has 112 valence electrons. The van der Waals surface area contributed by atoms with Crippen LogP contribution in [0.3, 0.4) is 0 Å². The molecule has 0 bridgehead atoms. The summed E-state index contributed by atoms with van der Waals surface area (Å²) in [7, 11) is -3.52. The average molecular weight is 330 g/mol. The Balaban J connectivity index is 1.83. The Kier molecular flexibility index (Phi) is 4.33. The van der Waals surface area contributed by atoms with Gasteiger partial charge in [-0.2, -0.15) is 0 Å². The molecule has 0 radical (unpaired) electrons. The third-order valence-electron chi connectivity index (χ3n) is 3.15. The van der Waals surface area contributed by atoms with Crippen LogP contribution in [0.4, 0.5) is 0 Å². The molecule has 1 aromatic carbocycles. The summed E-state index contributed by atoms with van der Waals surface area (Å²) in [6.45, 7) is 0.207. The summed E-state index contributed by atoms with van der Waals surface area (Å²) in [6, 6.07) is 16.0. The van der Waals surface area contributed by atoms with Crippen LogP contribution in [0.15, 0.2) is 71.1 Å². The van der Waals surface area contributed by atoms with Crippen molar-refractivity contribution in [3.8, 4) is 10.6 Å². The van der Waals surface area contributed by atoms with E-state index in [2.05, 4.69) is 9.71 Å². The van der Waals surface area contributed by atoms with Crippen LogP contribution in [0.25, 0.3) is 10.6 Å². The second-order valence-corrected chi connectivity index (χ2v) is 7.34. The fourth-order valence-corrected chi connectivity index (χ4v) is 3.86. The van der Waals surface area contributed by atoms with Crippen molar-refractivity contribution >= 4 is 21.4 Å². The first-order chi connectivity index (χ1) is 10.7. The summed E-state index contributed by atoms with van der Waals surface area (Å²) in [4.78, 5) is 5.65. The Labute approximate surface area is 133 Å². The normalized spacial score (nSPS) is 11.5. The molecular formula is C16H14N2O2S2. The van der Waals surface area contributed by atoms with Crippen LogP contribution in [0, 0.1) is 0 Å². The van der Waals surface area contributed by atoms with Crippen molar-refractivity contribution in [3.05, 3.63) is 71.7 Å². The first-order valence-corrected chi connectivity index (χ1v) is 9.05. The first kappa shape index (κ1) is 14.9. The van der Waals surface area contributed by atoms with Gasteiger partial charge in [-0.25, -0.2) is 13.1 Å². The summed E-state index contributed by atoms with van der Waals surface area (Å²) in [6.07, 6.45) is 1.71. The van der Waals surface area contributed by atoms with Gasteiger partial charge in [0, 0.05) is 12.7 Å². The lowest BCUT2D eigenvalue weighted by Crippen LogP contribution is -2.23. The van der Waals surface area contributed by atoms with Gasteiger partial charge in [0.2, 0.25) is 10.0 Å². The number of rotatable bonds is 5. The number of nitrogens with zero attached hydrogens (tertiary/aromatic N) is 1. The zero-order valence-electron chi connectivity index (χ0n) is 11.6. The molecule has 0 atom stereocenters. The molecule has 22 heavy (non-hydrogen) atoms. The van der Waals surface area contributed by atoms with Gasteiger partial charge in [0.15, 0.2) is 0 Å². The van der Waals surface area contributed by atoms with E-state index in [1.807, 2.05) is 29.6 Å². The summed E-state index contributed by atoms with van der Waals surface area (Å²) in [5.41, 5.74) is 1.66. The minimum Gasteiger partial charge on any atom is -0.255 e. The molecule has 0 saturated heterocycles. The fraction of sp³-hybridized carbons (Fsp3) is 0.0625. The van der Waals surface area contributed by atoms with Crippen molar-refractivity contribution in [2.45, 2.75) is 11.4 Å². The van der Waals surface area contributed by atoms with Crippen molar-refractivity contribution in [1.82, 2.24) is 9.71 Å². The van der Waals surface area contributed by atoms with Crippen LogP contribution in [0.5, 0.6) is 0 Å². The molecule has 0 fully saturated rings. The second-order valence-electron chi connectivity index (χ2n) is 4.63. The SMILES string of the molecule is O=S(=O)(NCc1cccnc1-c1cccs1)c1ccccc1. The molecule has 0 aliphatic carbocycles. The van der Waals surface area contributed by atoms with E-state index < -0.39 is 10.0 Å². The quantitative estimate of drug-likeness (QED) is 0.781. The topological polar surface area (TPSA) is 59.1 Å². The highest BCUT2D eigenvalue weighted by Crippen LogP contribution is 2.26. The van der Waals surface area contributed by atoms with Crippen LogP contribution < -0.4 is 4.72 Å². The monoisotopic (exact) mass is 330 g/mol. The van der Waals surface area contributed by atoms with E-state index in [1.165, 1.54) is 0 Å². The number of aromatic nitrogens is 1. The van der Waals surface area contributed by atoms with Crippen molar-refractivity contribution < 1.29 is 8.42 Å². The number of pyridine rings is 1. The van der Waals surface area contributed by atoms with Crippen molar-refractivity contribution in [1.29, 1.82) is 0 Å². The molecule has 2 heterocycles. The maximum Gasteiger partial charge on any atom is 0.240 e. The largest absolute Gasteiger partial charge is 0.255 e. The van der Waals surface area contributed by atoms with Crippen LogP contribution in [0.2, 0.25) is 0 Å². The fourth-order valence-electron chi connectivity index (χ4n) is 2.07. The number of sulfonamides is 1. The molecule has 3 aromatic rings. The lowest BCUT2D eigenvalue weighted by molar-refractivity contribution is 0.581. The molecule has 0 aliphatic rings. The van der Waals surface area contributed by atoms with E-state index in [4.69, 9.17) is 0 Å². The number of hydrogen-bond acceptors (Lipinski definition) is 4. The second kappa shape index (κ2) is 6.39. The maximum absolute atomic E-state index is 12.3. The summed E-state index contributed by atoms with van der Waals surface area (Å²) < 4.78 is 27.2. The van der Waals surface area contributed by atoms with E-state index >= 15 is 0 Å². The molecule has 6 heteroatoms.